The van der Waals surface area contributed by atoms with E-state index >= 15 is 0 Å². The average molecular weight is 312 g/mol. The molecule has 0 spiro atoms. The van der Waals surface area contributed by atoms with E-state index in [2.05, 4.69) is 29.4 Å². The first-order chi connectivity index (χ1) is 10.7. The molecule has 0 unspecified atom stereocenters. The van der Waals surface area contributed by atoms with Crippen LogP contribution < -0.4 is 5.32 Å². The standard InChI is InChI=1S/C18H20N2OS/c1-11-16(13-5-3-2-4-6-13)19-18(22-11)20-17(21)15-10-12-7-8-14(15)9-12/h2-6,12,14-15H,7-10H2,1H3,(H,19,20,21)/t12-,14+,15-/m1/s1. The van der Waals surface area contributed by atoms with Crippen molar-refractivity contribution in [1.82, 2.24) is 4.98 Å². The van der Waals surface area contributed by atoms with Gasteiger partial charge in [0.25, 0.3) is 0 Å². The first kappa shape index (κ1) is 13.9. The molecule has 2 aliphatic carbocycles. The number of nitrogens with zero attached hydrogens (tertiary/aromatic N) is 1. The highest BCUT2D eigenvalue weighted by Gasteiger charge is 2.43. The summed E-state index contributed by atoms with van der Waals surface area (Å²) in [5.74, 6) is 1.79. The zero-order valence-corrected chi connectivity index (χ0v) is 13.5. The minimum Gasteiger partial charge on any atom is -0.302 e. The van der Waals surface area contributed by atoms with Crippen LogP contribution in [0.1, 0.15) is 30.6 Å². The Kier molecular flexibility index (Phi) is 3.49. The highest BCUT2D eigenvalue weighted by molar-refractivity contribution is 7.16. The molecule has 2 aliphatic rings. The second kappa shape index (κ2) is 5.51. The van der Waals surface area contributed by atoms with Gasteiger partial charge in [0.15, 0.2) is 5.13 Å². The fourth-order valence-electron chi connectivity index (χ4n) is 4.08. The smallest absolute Gasteiger partial charge is 0.229 e. The molecule has 1 heterocycles. The minimum atomic E-state index is 0.181. The second-order valence-electron chi connectivity index (χ2n) is 6.56. The predicted molar refractivity (Wildman–Crippen MR) is 89.9 cm³/mol. The van der Waals surface area contributed by atoms with E-state index < -0.39 is 0 Å². The molecule has 2 fully saturated rings. The third-order valence-electron chi connectivity index (χ3n) is 5.15. The van der Waals surface area contributed by atoms with Crippen molar-refractivity contribution in [3.63, 3.8) is 0 Å². The zero-order chi connectivity index (χ0) is 15.1. The monoisotopic (exact) mass is 312 g/mol. The molecule has 1 aromatic carbocycles. The summed E-state index contributed by atoms with van der Waals surface area (Å²) >= 11 is 1.57. The van der Waals surface area contributed by atoms with E-state index in [4.69, 9.17) is 0 Å². The van der Waals surface area contributed by atoms with Crippen LogP contribution >= 0.6 is 11.3 Å². The number of aromatic nitrogens is 1. The number of rotatable bonds is 3. The van der Waals surface area contributed by atoms with Gasteiger partial charge >= 0.3 is 0 Å². The molecule has 4 heteroatoms. The van der Waals surface area contributed by atoms with Crippen molar-refractivity contribution < 1.29 is 4.79 Å². The minimum absolute atomic E-state index is 0.181. The van der Waals surface area contributed by atoms with Gasteiger partial charge < -0.3 is 5.32 Å². The van der Waals surface area contributed by atoms with Gasteiger partial charge in [-0.15, -0.1) is 11.3 Å². The lowest BCUT2D eigenvalue weighted by Crippen LogP contribution is -2.27. The van der Waals surface area contributed by atoms with E-state index in [9.17, 15) is 4.79 Å². The van der Waals surface area contributed by atoms with Crippen LogP contribution in [0.4, 0.5) is 5.13 Å². The number of carbonyl (C=O) groups is 1. The van der Waals surface area contributed by atoms with Crippen molar-refractivity contribution in [3.05, 3.63) is 35.2 Å². The fourth-order valence-corrected chi connectivity index (χ4v) is 4.92. The third-order valence-corrected chi connectivity index (χ3v) is 6.04. The number of nitrogens with one attached hydrogen (secondary N) is 1. The zero-order valence-electron chi connectivity index (χ0n) is 12.7. The lowest BCUT2D eigenvalue weighted by Gasteiger charge is -2.19. The van der Waals surface area contributed by atoms with Crippen LogP contribution in [0.2, 0.25) is 0 Å². The molecule has 0 aliphatic heterocycles. The van der Waals surface area contributed by atoms with Gasteiger partial charge in [-0.3, -0.25) is 4.79 Å². The Hall–Kier alpha value is -1.68. The summed E-state index contributed by atoms with van der Waals surface area (Å²) in [4.78, 5) is 18.3. The first-order valence-electron chi connectivity index (χ1n) is 8.04. The third kappa shape index (κ3) is 2.45. The van der Waals surface area contributed by atoms with Crippen LogP contribution in [0.5, 0.6) is 0 Å². The number of anilines is 1. The molecule has 2 bridgehead atoms. The number of fused-ring (bicyclic) bond motifs is 2. The SMILES string of the molecule is Cc1sc(NC(=O)[C@@H]2C[C@@H]3CC[C@H]2C3)nc1-c1ccccc1. The van der Waals surface area contributed by atoms with Crippen LogP contribution in [0.15, 0.2) is 30.3 Å². The van der Waals surface area contributed by atoms with Gasteiger partial charge in [0, 0.05) is 16.4 Å². The lowest BCUT2D eigenvalue weighted by molar-refractivity contribution is -0.121. The second-order valence-corrected chi connectivity index (χ2v) is 7.76. The molecular formula is C18H20N2OS. The van der Waals surface area contributed by atoms with Crippen molar-refractivity contribution >= 4 is 22.4 Å². The molecule has 22 heavy (non-hydrogen) atoms. The number of amides is 1. The molecule has 3 nitrogen and oxygen atoms in total. The molecule has 0 saturated heterocycles. The predicted octanol–water partition coefficient (Wildman–Crippen LogP) is 4.49. The molecule has 2 aromatic rings. The summed E-state index contributed by atoms with van der Waals surface area (Å²) < 4.78 is 0. The Bertz CT molecular complexity index is 694. The highest BCUT2D eigenvalue weighted by Crippen LogP contribution is 2.48. The van der Waals surface area contributed by atoms with Gasteiger partial charge in [0.05, 0.1) is 5.69 Å². The number of hydrogen-bond acceptors (Lipinski definition) is 3. The molecular weight excluding hydrogens is 292 g/mol. The maximum Gasteiger partial charge on any atom is 0.229 e. The van der Waals surface area contributed by atoms with E-state index in [1.165, 1.54) is 19.3 Å². The Morgan fingerprint density at radius 1 is 1.23 bits per heavy atom. The normalized spacial score (nSPS) is 26.3. The van der Waals surface area contributed by atoms with Crippen molar-refractivity contribution in [2.75, 3.05) is 5.32 Å². The molecule has 1 N–H and O–H groups in total. The summed E-state index contributed by atoms with van der Waals surface area (Å²) in [6.07, 6.45) is 4.88. The van der Waals surface area contributed by atoms with Crippen LogP contribution in [0.3, 0.4) is 0 Å². The largest absolute Gasteiger partial charge is 0.302 e. The summed E-state index contributed by atoms with van der Waals surface area (Å²) in [6.45, 7) is 2.06. The Morgan fingerprint density at radius 3 is 2.73 bits per heavy atom. The molecule has 1 amide bonds. The number of carbonyl (C=O) groups excluding carboxylic acids is 1. The van der Waals surface area contributed by atoms with Crippen LogP contribution in [-0.4, -0.2) is 10.9 Å². The lowest BCUT2D eigenvalue weighted by atomic mass is 9.88. The molecule has 114 valence electrons. The molecule has 3 atom stereocenters. The number of hydrogen-bond donors (Lipinski definition) is 1. The number of thiazole rings is 1. The van der Waals surface area contributed by atoms with Crippen LogP contribution in [-0.2, 0) is 4.79 Å². The number of aryl methyl sites for hydroxylation is 1. The van der Waals surface area contributed by atoms with E-state index in [1.807, 2.05) is 18.2 Å². The number of benzene rings is 1. The van der Waals surface area contributed by atoms with Gasteiger partial charge in [-0.2, -0.15) is 0 Å². The van der Waals surface area contributed by atoms with Crippen molar-refractivity contribution in [3.8, 4) is 11.3 Å². The summed E-state index contributed by atoms with van der Waals surface area (Å²) in [7, 11) is 0. The molecule has 4 rings (SSSR count). The summed E-state index contributed by atoms with van der Waals surface area (Å²) in [5.41, 5.74) is 2.09. The van der Waals surface area contributed by atoms with E-state index in [0.717, 1.165) is 33.6 Å². The van der Waals surface area contributed by atoms with Gasteiger partial charge in [0.1, 0.15) is 0 Å². The fraction of sp³-hybridized carbons (Fsp3) is 0.444. The van der Waals surface area contributed by atoms with Gasteiger partial charge in [-0.25, -0.2) is 4.98 Å². The van der Waals surface area contributed by atoms with Crippen LogP contribution in [0, 0.1) is 24.7 Å². The maximum absolute atomic E-state index is 12.5. The van der Waals surface area contributed by atoms with Crippen molar-refractivity contribution in [2.45, 2.75) is 32.6 Å². The van der Waals surface area contributed by atoms with E-state index in [1.54, 1.807) is 11.3 Å². The van der Waals surface area contributed by atoms with E-state index in [-0.39, 0.29) is 11.8 Å². The van der Waals surface area contributed by atoms with Crippen LogP contribution in [0.25, 0.3) is 11.3 Å². The van der Waals surface area contributed by atoms with E-state index in [0.29, 0.717) is 5.92 Å². The highest BCUT2D eigenvalue weighted by atomic mass is 32.1. The van der Waals surface area contributed by atoms with Gasteiger partial charge in [-0.05, 0) is 38.0 Å². The topological polar surface area (TPSA) is 42.0 Å². The van der Waals surface area contributed by atoms with Crippen molar-refractivity contribution in [1.29, 1.82) is 0 Å². The van der Waals surface area contributed by atoms with Gasteiger partial charge in [-0.1, -0.05) is 36.8 Å². The maximum atomic E-state index is 12.5. The molecule has 2 saturated carbocycles. The Morgan fingerprint density at radius 2 is 2.05 bits per heavy atom. The van der Waals surface area contributed by atoms with Gasteiger partial charge in [0.2, 0.25) is 5.91 Å². The average Bonchev–Trinajstić information content (AvgIpc) is 3.23. The van der Waals surface area contributed by atoms with Crippen molar-refractivity contribution in [2.24, 2.45) is 17.8 Å². The quantitative estimate of drug-likeness (QED) is 0.907. The summed E-state index contributed by atoms with van der Waals surface area (Å²) in [6, 6.07) is 10.2. The Balaban J connectivity index is 1.51. The summed E-state index contributed by atoms with van der Waals surface area (Å²) in [5, 5.41) is 3.81. The molecule has 0 radical (unpaired) electrons. The Labute approximate surface area is 134 Å². The molecule has 1 aromatic heterocycles. The first-order valence-corrected chi connectivity index (χ1v) is 8.86.